The van der Waals surface area contributed by atoms with E-state index in [0.29, 0.717) is 35.1 Å². The molecule has 3 heterocycles. The molecule has 3 aliphatic rings. The Bertz CT molecular complexity index is 1470. The van der Waals surface area contributed by atoms with Gasteiger partial charge in [0.1, 0.15) is 0 Å². The molecule has 2 amide bonds. The topological polar surface area (TPSA) is 99.0 Å². The van der Waals surface area contributed by atoms with E-state index in [2.05, 4.69) is 53.4 Å². The molecule has 1 saturated heterocycles. The molecule has 260 valence electrons. The lowest BCUT2D eigenvalue weighted by atomic mass is 10.0. The first-order valence-corrected chi connectivity index (χ1v) is 18.1. The third-order valence-electron chi connectivity index (χ3n) is 8.92. The molecule has 0 radical (unpaired) electrons. The number of aliphatic imine (C=N–C) groups is 2. The largest absolute Gasteiger partial charge is 0.325 e. The molecule has 2 aliphatic heterocycles. The molecule has 1 saturated carbocycles. The van der Waals surface area contributed by atoms with Crippen LogP contribution in [0.2, 0.25) is 0 Å². The van der Waals surface area contributed by atoms with Crippen LogP contribution in [0, 0.1) is 5.92 Å². The zero-order chi connectivity index (χ0) is 35.1. The minimum absolute atomic E-state index is 0.0252. The lowest BCUT2D eigenvalue weighted by Crippen LogP contribution is -2.40. The van der Waals surface area contributed by atoms with E-state index in [9.17, 15) is 9.59 Å². The van der Waals surface area contributed by atoms with Crippen molar-refractivity contribution in [2.75, 3.05) is 13.1 Å². The van der Waals surface area contributed by atoms with Crippen molar-refractivity contribution in [1.29, 1.82) is 0 Å². The van der Waals surface area contributed by atoms with Crippen LogP contribution in [0.5, 0.6) is 0 Å². The molecule has 8 nitrogen and oxygen atoms in total. The Balaban J connectivity index is 0.00000307. The predicted octanol–water partition coefficient (Wildman–Crippen LogP) is 7.90. The quantitative estimate of drug-likeness (QED) is 0.211. The number of rotatable bonds is 13. The zero-order valence-corrected chi connectivity index (χ0v) is 30.6. The van der Waals surface area contributed by atoms with Gasteiger partial charge in [0.15, 0.2) is 0 Å². The third kappa shape index (κ3) is 11.1. The summed E-state index contributed by atoms with van der Waals surface area (Å²) in [6, 6.07) is 2.40. The van der Waals surface area contributed by atoms with E-state index >= 15 is 0 Å². The average molecular weight is 655 g/mol. The van der Waals surface area contributed by atoms with E-state index in [1.54, 1.807) is 18.6 Å². The highest BCUT2D eigenvalue weighted by molar-refractivity contribution is 6.17. The van der Waals surface area contributed by atoms with Crippen molar-refractivity contribution in [3.63, 3.8) is 0 Å². The number of carbonyl (C=O) groups is 2. The second-order valence-corrected chi connectivity index (χ2v) is 12.9. The van der Waals surface area contributed by atoms with Crippen LogP contribution in [0.15, 0.2) is 80.9 Å². The van der Waals surface area contributed by atoms with Gasteiger partial charge in [-0.05, 0) is 101 Å². The number of aryl methyl sites for hydroxylation is 1. The van der Waals surface area contributed by atoms with Crippen LogP contribution in [0.3, 0.4) is 0 Å². The van der Waals surface area contributed by atoms with Gasteiger partial charge < -0.3 is 10.6 Å². The number of hydrogen-bond donors (Lipinski definition) is 2. The minimum atomic E-state index is -0.273. The second-order valence-electron chi connectivity index (χ2n) is 12.9. The summed E-state index contributed by atoms with van der Waals surface area (Å²) in [5.74, 6) is 0.436. The fourth-order valence-corrected chi connectivity index (χ4v) is 6.30. The summed E-state index contributed by atoms with van der Waals surface area (Å²) in [4.78, 5) is 43.3. The molecule has 2 N–H and O–H groups in total. The second kappa shape index (κ2) is 19.8. The molecule has 2 unspecified atom stereocenters. The van der Waals surface area contributed by atoms with Crippen molar-refractivity contribution in [3.8, 4) is 0 Å². The van der Waals surface area contributed by atoms with Crippen molar-refractivity contribution in [1.82, 2.24) is 20.5 Å². The Labute approximate surface area is 289 Å². The van der Waals surface area contributed by atoms with Gasteiger partial charge in [-0.2, -0.15) is 0 Å². The standard InChI is InChI=1S/C38H52N6O2.C2H6/c1-7-10-11-13-31(42-37(45)25-44-24-28-14-15-32(44)18-28)20-35(26(4)5)43-38(46)34-23-40-30(9-3)19-36(41-21-27(34)6)33-16-17-39-22-29(33)12-8-2;1-2/h11,13,16-17,19-23,28,30,32H,7-10,12,14-15,18,24-25H2,1-6H3,(H,42,45)(H,43,46);1-2H3/b13-11+,31-20+,34-27-,36-19-,40-23?,41-21-;/t28-,30?,32?;/m0./s1. The van der Waals surface area contributed by atoms with Crippen LogP contribution in [0.25, 0.3) is 5.70 Å². The molecule has 4 rings (SSSR count). The number of allylic oxidation sites excluding steroid dienone is 5. The molecule has 1 aromatic heterocycles. The fraction of sp³-hybridized carbons (Fsp3) is 0.525. The number of nitrogens with one attached hydrogen (secondary N) is 2. The number of likely N-dealkylation sites (tertiary alicyclic amines) is 1. The number of hydrogen-bond acceptors (Lipinski definition) is 6. The average Bonchev–Trinajstić information content (AvgIpc) is 3.71. The van der Waals surface area contributed by atoms with E-state index in [0.717, 1.165) is 67.0 Å². The summed E-state index contributed by atoms with van der Waals surface area (Å²) in [5.41, 5.74) is 6.41. The van der Waals surface area contributed by atoms with E-state index in [-0.39, 0.29) is 17.9 Å². The Morgan fingerprint density at radius 3 is 2.50 bits per heavy atom. The van der Waals surface area contributed by atoms with Gasteiger partial charge in [-0.3, -0.25) is 29.5 Å². The van der Waals surface area contributed by atoms with Crippen LogP contribution in [0.1, 0.15) is 111 Å². The van der Waals surface area contributed by atoms with Gasteiger partial charge >= 0.3 is 0 Å². The number of piperidine rings is 1. The Kier molecular flexibility index (Phi) is 15.9. The first-order chi connectivity index (χ1) is 23.2. The smallest absolute Gasteiger partial charge is 0.257 e. The van der Waals surface area contributed by atoms with E-state index in [1.807, 2.05) is 59.0 Å². The monoisotopic (exact) mass is 654 g/mol. The molecule has 1 aliphatic carbocycles. The molecule has 8 heteroatoms. The van der Waals surface area contributed by atoms with Crippen LogP contribution < -0.4 is 10.6 Å². The maximum atomic E-state index is 13.8. The molecule has 2 fully saturated rings. The number of carbonyl (C=O) groups excluding carboxylic acids is 2. The summed E-state index contributed by atoms with van der Waals surface area (Å²) < 4.78 is 0. The maximum absolute atomic E-state index is 13.8. The molecule has 0 aromatic carbocycles. The third-order valence-corrected chi connectivity index (χ3v) is 8.92. The lowest BCUT2D eigenvalue weighted by molar-refractivity contribution is -0.121. The van der Waals surface area contributed by atoms with Gasteiger partial charge in [-0.25, -0.2) is 0 Å². The van der Waals surface area contributed by atoms with Crippen LogP contribution in [0.4, 0.5) is 0 Å². The van der Waals surface area contributed by atoms with Crippen molar-refractivity contribution in [3.05, 3.63) is 82.0 Å². The van der Waals surface area contributed by atoms with Gasteiger partial charge in [0, 0.05) is 54.4 Å². The minimum Gasteiger partial charge on any atom is -0.325 e. The van der Waals surface area contributed by atoms with Gasteiger partial charge in [-0.1, -0.05) is 59.1 Å². The molecule has 1 aromatic rings. The summed E-state index contributed by atoms with van der Waals surface area (Å²) in [7, 11) is 0. The van der Waals surface area contributed by atoms with Gasteiger partial charge in [0.25, 0.3) is 5.91 Å². The zero-order valence-electron chi connectivity index (χ0n) is 30.6. The summed E-state index contributed by atoms with van der Waals surface area (Å²) in [6.07, 6.45) is 23.3. The lowest BCUT2D eigenvalue weighted by Gasteiger charge is -2.26. The first-order valence-electron chi connectivity index (χ1n) is 18.1. The van der Waals surface area contributed by atoms with Crippen molar-refractivity contribution >= 4 is 29.9 Å². The van der Waals surface area contributed by atoms with E-state index in [1.165, 1.54) is 19.3 Å². The number of aromatic nitrogens is 1. The molecule has 0 spiro atoms. The normalized spacial score (nSPS) is 24.1. The van der Waals surface area contributed by atoms with Crippen LogP contribution in [-0.2, 0) is 16.0 Å². The highest BCUT2D eigenvalue weighted by Crippen LogP contribution is 2.37. The Morgan fingerprint density at radius 2 is 1.85 bits per heavy atom. The van der Waals surface area contributed by atoms with Gasteiger partial charge in [0.2, 0.25) is 5.91 Å². The predicted molar refractivity (Wildman–Crippen MR) is 201 cm³/mol. The Hall–Kier alpha value is -3.91. The summed E-state index contributed by atoms with van der Waals surface area (Å²) >= 11 is 0. The number of fused-ring (bicyclic) bond motifs is 2. The Morgan fingerprint density at radius 1 is 1.06 bits per heavy atom. The molecular weight excluding hydrogens is 596 g/mol. The van der Waals surface area contributed by atoms with E-state index < -0.39 is 0 Å². The van der Waals surface area contributed by atoms with Gasteiger partial charge in [-0.15, -0.1) is 0 Å². The fourth-order valence-electron chi connectivity index (χ4n) is 6.30. The molecule has 48 heavy (non-hydrogen) atoms. The summed E-state index contributed by atoms with van der Waals surface area (Å²) in [6.45, 7) is 17.5. The van der Waals surface area contributed by atoms with Gasteiger partial charge in [0.05, 0.1) is 23.9 Å². The highest BCUT2D eigenvalue weighted by Gasteiger charge is 2.38. The number of unbranched alkanes of at least 4 members (excludes halogenated alkanes) is 1. The van der Waals surface area contributed by atoms with E-state index in [4.69, 9.17) is 9.98 Å². The SMILES string of the molecule is CC.CCC/C=C/C(=C\C(NC(=O)\C1=C(C)/C=N\C(c2ccncc2CCC)=C/C(CC)N=C1)=C(C)C)NC(=O)CN1C[C@H]2CCC1C2. The molecule has 3 atom stereocenters. The van der Waals surface area contributed by atoms with Crippen molar-refractivity contribution < 1.29 is 9.59 Å². The van der Waals surface area contributed by atoms with Crippen LogP contribution >= 0.6 is 0 Å². The molecule has 2 bridgehead atoms. The first kappa shape index (κ1) is 38.5. The van der Waals surface area contributed by atoms with Crippen LogP contribution in [-0.4, -0.2) is 59.3 Å². The number of amides is 2. The highest BCUT2D eigenvalue weighted by atomic mass is 16.2. The number of pyridine rings is 1. The number of nitrogens with zero attached hydrogens (tertiary/aromatic N) is 4. The molecular formula is C40H58N6O2. The van der Waals surface area contributed by atoms with Crippen molar-refractivity contribution in [2.24, 2.45) is 15.9 Å². The van der Waals surface area contributed by atoms with Crippen molar-refractivity contribution in [2.45, 2.75) is 119 Å². The maximum Gasteiger partial charge on any atom is 0.257 e. The summed E-state index contributed by atoms with van der Waals surface area (Å²) in [5, 5.41) is 6.23.